The number of carbonyl (C=O) groups is 2. The molecule has 180 valence electrons. The zero-order valence-corrected chi connectivity index (χ0v) is 19.8. The van der Waals surface area contributed by atoms with Crippen LogP contribution in [0.2, 0.25) is 5.02 Å². The molecule has 3 unspecified atom stereocenters. The summed E-state index contributed by atoms with van der Waals surface area (Å²) in [5, 5.41) is 3.03. The van der Waals surface area contributed by atoms with Crippen molar-refractivity contribution in [3.05, 3.63) is 29.0 Å². The fourth-order valence-electron chi connectivity index (χ4n) is 7.44. The number of carbonyl (C=O) groups excluding carboxylic acids is 2. The van der Waals surface area contributed by atoms with Crippen molar-refractivity contribution < 1.29 is 22.7 Å². The Kier molecular flexibility index (Phi) is 5.73. The number of hydrogen-bond donors (Lipinski definition) is 3. The molecule has 0 radical (unpaired) electrons. The van der Waals surface area contributed by atoms with Gasteiger partial charge in [-0.2, -0.15) is 0 Å². The van der Waals surface area contributed by atoms with Gasteiger partial charge in [-0.25, -0.2) is 8.60 Å². The highest BCUT2D eigenvalue weighted by Crippen LogP contribution is 2.60. The van der Waals surface area contributed by atoms with Crippen LogP contribution in [-0.2, 0) is 20.9 Å². The van der Waals surface area contributed by atoms with E-state index in [1.807, 2.05) is 0 Å². The summed E-state index contributed by atoms with van der Waals surface area (Å²) >= 11 is 3.32. The Morgan fingerprint density at radius 2 is 1.82 bits per heavy atom. The van der Waals surface area contributed by atoms with E-state index in [0.29, 0.717) is 44.4 Å². The van der Waals surface area contributed by atoms with Gasteiger partial charge in [0.05, 0.1) is 10.7 Å². The van der Waals surface area contributed by atoms with Gasteiger partial charge < -0.3 is 11.1 Å². The molecule has 0 heterocycles. The van der Waals surface area contributed by atoms with Crippen molar-refractivity contribution in [2.75, 3.05) is 4.31 Å². The number of nitrogens with one attached hydrogen (secondary N) is 1. The SMILES string of the molecule is NC(=O)C12CC3CC(C1)C(NC(=O)C1(N(c4cccc(Cl)c4F)S(=O)O)CCCC1)C(C3)C2. The minimum Gasteiger partial charge on any atom is -0.369 e. The molecular weight excluding hydrogens is 469 g/mol. The van der Waals surface area contributed by atoms with Crippen molar-refractivity contribution >= 4 is 40.4 Å². The van der Waals surface area contributed by atoms with Crippen molar-refractivity contribution in [3.8, 4) is 0 Å². The highest BCUT2D eigenvalue weighted by Gasteiger charge is 2.59. The molecule has 10 heteroatoms. The Hall–Kier alpha value is -1.71. The molecule has 0 aromatic heterocycles. The molecule has 5 aliphatic carbocycles. The van der Waals surface area contributed by atoms with E-state index in [2.05, 4.69) is 5.32 Å². The van der Waals surface area contributed by atoms with E-state index in [9.17, 15) is 22.7 Å². The number of anilines is 1. The van der Waals surface area contributed by atoms with E-state index in [1.165, 1.54) is 18.2 Å². The molecule has 5 fully saturated rings. The second-order valence-corrected chi connectivity index (χ2v) is 11.7. The number of primary amides is 1. The number of halogens is 2. The number of benzene rings is 1. The molecule has 33 heavy (non-hydrogen) atoms. The lowest BCUT2D eigenvalue weighted by molar-refractivity contribution is -0.148. The van der Waals surface area contributed by atoms with E-state index in [0.717, 1.165) is 23.6 Å². The molecule has 7 nitrogen and oxygen atoms in total. The van der Waals surface area contributed by atoms with Crippen LogP contribution < -0.4 is 15.4 Å². The monoisotopic (exact) mass is 497 g/mol. The standard InChI is InChI=1S/C23H29ClFN3O4S/c24-16-4-3-5-17(18(16)25)28(33(31)32)23(6-1-2-7-23)21(30)27-19-14-8-13-9-15(19)12-22(10-13,11-14)20(26)29/h3-5,13-15,19H,1-2,6-12H2,(H2,26,29)(H,27,30)(H,31,32). The van der Waals surface area contributed by atoms with Gasteiger partial charge in [-0.1, -0.05) is 30.5 Å². The number of nitrogens with two attached hydrogens (primary N) is 1. The Morgan fingerprint density at radius 1 is 1.18 bits per heavy atom. The molecule has 1 aromatic carbocycles. The molecule has 5 aliphatic rings. The summed E-state index contributed by atoms with van der Waals surface area (Å²) in [6, 6.07) is 4.13. The number of nitrogens with zero attached hydrogens (tertiary/aromatic N) is 1. The second kappa shape index (κ2) is 8.20. The molecule has 1 aromatic rings. The Labute approximate surface area is 200 Å². The summed E-state index contributed by atoms with van der Waals surface area (Å²) in [5.41, 5.74) is 3.81. The topological polar surface area (TPSA) is 113 Å². The first kappa shape index (κ1) is 23.1. The predicted molar refractivity (Wildman–Crippen MR) is 123 cm³/mol. The zero-order chi connectivity index (χ0) is 23.5. The quantitative estimate of drug-likeness (QED) is 0.522. The van der Waals surface area contributed by atoms with Crippen molar-refractivity contribution in [1.82, 2.24) is 5.32 Å². The van der Waals surface area contributed by atoms with Gasteiger partial charge in [0.2, 0.25) is 11.8 Å². The van der Waals surface area contributed by atoms with E-state index < -0.39 is 28.0 Å². The molecule has 4 bridgehead atoms. The normalized spacial score (nSPS) is 34.8. The maximum Gasteiger partial charge on any atom is 0.262 e. The third-order valence-corrected chi connectivity index (χ3v) is 9.79. The molecule has 0 spiro atoms. The summed E-state index contributed by atoms with van der Waals surface area (Å²) in [6.07, 6.45) is 6.13. The summed E-state index contributed by atoms with van der Waals surface area (Å²) in [5.74, 6) is -0.655. The van der Waals surface area contributed by atoms with E-state index in [4.69, 9.17) is 17.3 Å². The van der Waals surface area contributed by atoms with E-state index >= 15 is 0 Å². The zero-order valence-electron chi connectivity index (χ0n) is 18.3. The van der Waals surface area contributed by atoms with Gasteiger partial charge in [-0.15, -0.1) is 0 Å². The maximum atomic E-state index is 14.9. The second-order valence-electron chi connectivity index (χ2n) is 10.5. The van der Waals surface area contributed by atoms with Crippen LogP contribution in [0.4, 0.5) is 10.1 Å². The lowest BCUT2D eigenvalue weighted by Gasteiger charge is -2.59. The van der Waals surface area contributed by atoms with Gasteiger partial charge in [0, 0.05) is 11.5 Å². The Morgan fingerprint density at radius 3 is 2.39 bits per heavy atom. The third kappa shape index (κ3) is 3.58. The summed E-state index contributed by atoms with van der Waals surface area (Å²) < 4.78 is 38.6. The summed E-state index contributed by atoms with van der Waals surface area (Å²) in [7, 11) is 0. The van der Waals surface area contributed by atoms with Crippen LogP contribution in [0.25, 0.3) is 0 Å². The summed E-state index contributed by atoms with van der Waals surface area (Å²) in [4.78, 5) is 26.1. The maximum absolute atomic E-state index is 14.9. The molecule has 2 amide bonds. The molecular formula is C23H29ClFN3O4S. The molecule has 6 rings (SSSR count). The first-order valence-corrected chi connectivity index (χ1v) is 13.1. The fourth-order valence-corrected chi connectivity index (χ4v) is 8.49. The van der Waals surface area contributed by atoms with Crippen molar-refractivity contribution in [1.29, 1.82) is 0 Å². The van der Waals surface area contributed by atoms with Gasteiger partial charge >= 0.3 is 0 Å². The minimum atomic E-state index is -2.63. The van der Waals surface area contributed by atoms with Crippen LogP contribution in [0.3, 0.4) is 0 Å². The Balaban J connectivity index is 1.45. The molecule has 0 aliphatic heterocycles. The first-order chi connectivity index (χ1) is 15.7. The molecule has 3 atom stereocenters. The van der Waals surface area contributed by atoms with Gasteiger partial charge in [0.1, 0.15) is 5.54 Å². The van der Waals surface area contributed by atoms with Crippen LogP contribution in [0.5, 0.6) is 0 Å². The largest absolute Gasteiger partial charge is 0.369 e. The lowest BCUT2D eigenvalue weighted by Crippen LogP contribution is -2.66. The molecule has 5 saturated carbocycles. The van der Waals surface area contributed by atoms with E-state index in [1.54, 1.807) is 0 Å². The van der Waals surface area contributed by atoms with Crippen molar-refractivity contribution in [2.24, 2.45) is 28.9 Å². The summed E-state index contributed by atoms with van der Waals surface area (Å²) in [6.45, 7) is 0. The van der Waals surface area contributed by atoms with Gasteiger partial charge in [-0.3, -0.25) is 18.4 Å². The van der Waals surface area contributed by atoms with Crippen molar-refractivity contribution in [2.45, 2.75) is 69.4 Å². The number of rotatable bonds is 6. The minimum absolute atomic E-state index is 0.114. The van der Waals surface area contributed by atoms with Crippen LogP contribution in [0.1, 0.15) is 57.8 Å². The third-order valence-electron chi connectivity index (χ3n) is 8.64. The van der Waals surface area contributed by atoms with Gasteiger partial charge in [0.15, 0.2) is 5.82 Å². The van der Waals surface area contributed by atoms with Gasteiger partial charge in [-0.05, 0) is 74.8 Å². The van der Waals surface area contributed by atoms with Crippen molar-refractivity contribution in [3.63, 3.8) is 0 Å². The van der Waals surface area contributed by atoms with Crippen LogP contribution in [0.15, 0.2) is 18.2 Å². The van der Waals surface area contributed by atoms with Crippen LogP contribution in [-0.4, -0.2) is 32.2 Å². The predicted octanol–water partition coefficient (Wildman–Crippen LogP) is 3.53. The molecule has 0 saturated heterocycles. The highest BCUT2D eigenvalue weighted by molar-refractivity contribution is 7.80. The van der Waals surface area contributed by atoms with Crippen LogP contribution >= 0.6 is 11.6 Å². The smallest absolute Gasteiger partial charge is 0.262 e. The first-order valence-electron chi connectivity index (χ1n) is 11.6. The average molecular weight is 498 g/mol. The Bertz CT molecular complexity index is 1000. The van der Waals surface area contributed by atoms with Crippen LogP contribution in [0, 0.1) is 29.0 Å². The number of hydrogen-bond acceptors (Lipinski definition) is 3. The van der Waals surface area contributed by atoms with E-state index in [-0.39, 0.29) is 40.4 Å². The average Bonchev–Trinajstić information content (AvgIpc) is 3.24. The highest BCUT2D eigenvalue weighted by atomic mass is 35.5. The fraction of sp³-hybridized carbons (Fsp3) is 0.652. The molecule has 4 N–H and O–H groups in total. The van der Waals surface area contributed by atoms with Gasteiger partial charge in [0.25, 0.3) is 11.3 Å². The lowest BCUT2D eigenvalue weighted by atomic mass is 9.47. The number of amides is 2.